The number of aromatic nitrogens is 1. The van der Waals surface area contributed by atoms with Crippen molar-refractivity contribution < 1.29 is 34.6 Å². The maximum absolute atomic E-state index is 10.2. The van der Waals surface area contributed by atoms with E-state index in [1.807, 2.05) is 42.5 Å². The number of allylic oxidation sites excluding steroid dienone is 2. The third-order valence-electron chi connectivity index (χ3n) is 8.04. The number of rotatable bonds is 16. The first kappa shape index (κ1) is 36.3. The highest BCUT2D eigenvalue weighted by Crippen LogP contribution is 2.47. The summed E-state index contributed by atoms with van der Waals surface area (Å²) in [7, 11) is 0. The number of ether oxygens (including phenoxy) is 3. The summed E-state index contributed by atoms with van der Waals surface area (Å²) in [6, 6.07) is 16.6. The van der Waals surface area contributed by atoms with Crippen LogP contribution in [0.2, 0.25) is 5.02 Å². The lowest BCUT2D eigenvalue weighted by Crippen LogP contribution is -2.55. The molecule has 12 heteroatoms. The van der Waals surface area contributed by atoms with Crippen molar-refractivity contribution in [3.8, 4) is 17.6 Å². The fourth-order valence-corrected chi connectivity index (χ4v) is 5.52. The van der Waals surface area contributed by atoms with Gasteiger partial charge in [0.15, 0.2) is 0 Å². The van der Waals surface area contributed by atoms with Crippen molar-refractivity contribution in [1.82, 2.24) is 10.3 Å². The van der Waals surface area contributed by atoms with Gasteiger partial charge in [-0.05, 0) is 43.2 Å². The summed E-state index contributed by atoms with van der Waals surface area (Å²) in [5.74, 6) is 0.643. The van der Waals surface area contributed by atoms with Gasteiger partial charge in [-0.1, -0.05) is 54.1 Å². The molecule has 0 saturated heterocycles. The van der Waals surface area contributed by atoms with Crippen LogP contribution in [0, 0.1) is 11.3 Å². The minimum atomic E-state index is -1.32. The lowest BCUT2D eigenvalue weighted by atomic mass is 9.76. The molecule has 0 fully saturated rings. The van der Waals surface area contributed by atoms with Gasteiger partial charge in [-0.3, -0.25) is 4.98 Å². The monoisotopic (exact) mass is 683 g/mol. The van der Waals surface area contributed by atoms with E-state index in [1.165, 1.54) is 6.20 Å². The Bertz CT molecular complexity index is 1610. The molecule has 0 spiro atoms. The minimum absolute atomic E-state index is 0.0771. The second-order valence-corrected chi connectivity index (χ2v) is 12.9. The number of aliphatic hydroxyl groups excluding tert-OH is 4. The van der Waals surface area contributed by atoms with Gasteiger partial charge in [0.05, 0.1) is 42.6 Å². The van der Waals surface area contributed by atoms with Crippen molar-refractivity contribution >= 4 is 28.8 Å². The normalized spacial score (nSPS) is 19.9. The lowest BCUT2D eigenvalue weighted by molar-refractivity contribution is -0.0905. The molecule has 0 bridgehead atoms. The number of hydrogen-bond donors (Lipinski definition) is 5. The van der Waals surface area contributed by atoms with Crippen LogP contribution in [0.3, 0.4) is 0 Å². The molecular weight excluding hydrogens is 645 g/mol. The highest BCUT2D eigenvalue weighted by atomic mass is 35.5. The summed E-state index contributed by atoms with van der Waals surface area (Å²) in [5.41, 5.74) is 1.03. The largest absolute Gasteiger partial charge is 0.488 e. The molecule has 1 aliphatic carbocycles. The van der Waals surface area contributed by atoms with Gasteiger partial charge in [0, 0.05) is 36.1 Å². The van der Waals surface area contributed by atoms with E-state index in [2.05, 4.69) is 16.4 Å². The number of nitrogens with one attached hydrogen (secondary N) is 1. The third-order valence-corrected chi connectivity index (χ3v) is 8.86. The van der Waals surface area contributed by atoms with Gasteiger partial charge in [0.2, 0.25) is 0 Å². The lowest BCUT2D eigenvalue weighted by Gasteiger charge is -2.45. The smallest absolute Gasteiger partial charge is 0.143 e. The standard InChI is InChI=1S/C35H39Cl2N3O7/c1-33(21-42,22-43)40-17-27-12-30(36)32(13-31(27)45-19-25-11-24(14-38)15-39-16-25)46-23-35(47-20-28(44)18-41)10-6-9-29(34(35,2)37)26-7-4-3-5-8-26/h3-13,15-16,28,40-44H,17-23H2,1-2H3. The molecule has 0 aliphatic heterocycles. The SMILES string of the molecule is CC(CO)(CO)NCc1cc(Cl)c(OCC2(OCC(O)CO)C=CC=C(c3ccccc3)C2(C)Cl)cc1OCc1cncc(C#N)c1. The molecule has 2 aromatic carbocycles. The Morgan fingerprint density at radius 1 is 1.06 bits per heavy atom. The molecule has 250 valence electrons. The van der Waals surface area contributed by atoms with Gasteiger partial charge in [-0.25, -0.2) is 0 Å². The van der Waals surface area contributed by atoms with Gasteiger partial charge in [-0.2, -0.15) is 5.26 Å². The van der Waals surface area contributed by atoms with Gasteiger partial charge in [-0.15, -0.1) is 11.6 Å². The van der Waals surface area contributed by atoms with Crippen molar-refractivity contribution in [2.24, 2.45) is 0 Å². The maximum atomic E-state index is 10.2. The molecule has 3 aromatic rings. The number of pyridine rings is 1. The Balaban J connectivity index is 1.67. The molecular formula is C35H39Cl2N3O7. The zero-order valence-electron chi connectivity index (χ0n) is 26.2. The Labute approximate surface area is 284 Å². The molecule has 3 unspecified atom stereocenters. The van der Waals surface area contributed by atoms with Crippen LogP contribution >= 0.6 is 23.2 Å². The molecule has 47 heavy (non-hydrogen) atoms. The Morgan fingerprint density at radius 3 is 2.49 bits per heavy atom. The molecule has 10 nitrogen and oxygen atoms in total. The predicted octanol–water partition coefficient (Wildman–Crippen LogP) is 4.16. The number of hydrogen-bond acceptors (Lipinski definition) is 10. The van der Waals surface area contributed by atoms with E-state index in [9.17, 15) is 25.7 Å². The molecule has 4 rings (SSSR count). The van der Waals surface area contributed by atoms with Crippen LogP contribution in [-0.2, 0) is 17.9 Å². The highest BCUT2D eigenvalue weighted by molar-refractivity contribution is 6.32. The van der Waals surface area contributed by atoms with E-state index in [0.717, 1.165) is 11.1 Å². The zero-order valence-corrected chi connectivity index (χ0v) is 27.7. The van der Waals surface area contributed by atoms with E-state index < -0.39 is 28.7 Å². The van der Waals surface area contributed by atoms with E-state index in [0.29, 0.717) is 22.4 Å². The fraction of sp³-hybridized carbons (Fsp3) is 0.371. The maximum Gasteiger partial charge on any atom is 0.143 e. The molecule has 0 amide bonds. The molecule has 1 aromatic heterocycles. The highest BCUT2D eigenvalue weighted by Gasteiger charge is 2.51. The van der Waals surface area contributed by atoms with E-state index >= 15 is 0 Å². The quantitative estimate of drug-likeness (QED) is 0.139. The summed E-state index contributed by atoms with van der Waals surface area (Å²) in [6.45, 7) is 2.28. The summed E-state index contributed by atoms with van der Waals surface area (Å²) in [6.07, 6.45) is 7.38. The van der Waals surface area contributed by atoms with Crippen LogP contribution in [-0.4, -0.2) is 80.6 Å². The van der Waals surface area contributed by atoms with Crippen LogP contribution in [0.5, 0.6) is 11.5 Å². The predicted molar refractivity (Wildman–Crippen MR) is 179 cm³/mol. The first-order valence-corrected chi connectivity index (χ1v) is 15.7. The molecule has 3 atom stereocenters. The summed E-state index contributed by atoms with van der Waals surface area (Å²) < 4.78 is 18.8. The van der Waals surface area contributed by atoms with Gasteiger partial charge < -0.3 is 40.0 Å². The first-order chi connectivity index (χ1) is 22.5. The number of aliphatic hydroxyl groups is 4. The Morgan fingerprint density at radius 2 is 1.81 bits per heavy atom. The second-order valence-electron chi connectivity index (χ2n) is 11.7. The molecule has 0 saturated carbocycles. The average molecular weight is 685 g/mol. The number of benzene rings is 2. The fourth-order valence-electron chi connectivity index (χ4n) is 4.94. The van der Waals surface area contributed by atoms with Gasteiger partial charge in [0.1, 0.15) is 47.4 Å². The summed E-state index contributed by atoms with van der Waals surface area (Å²) in [4.78, 5) is 2.90. The average Bonchev–Trinajstić information content (AvgIpc) is 3.09. The van der Waals surface area contributed by atoms with Crippen LogP contribution in [0.15, 0.2) is 79.2 Å². The van der Waals surface area contributed by atoms with Crippen molar-refractivity contribution in [2.45, 2.75) is 49.1 Å². The van der Waals surface area contributed by atoms with Crippen LogP contribution in [0.1, 0.15) is 36.1 Å². The van der Waals surface area contributed by atoms with E-state index in [1.54, 1.807) is 44.3 Å². The van der Waals surface area contributed by atoms with Crippen LogP contribution in [0.25, 0.3) is 5.57 Å². The number of nitriles is 1. The van der Waals surface area contributed by atoms with Crippen LogP contribution < -0.4 is 14.8 Å². The van der Waals surface area contributed by atoms with E-state index in [4.69, 9.17) is 37.4 Å². The van der Waals surface area contributed by atoms with Gasteiger partial charge >= 0.3 is 0 Å². The third kappa shape index (κ3) is 8.70. The Hall–Kier alpha value is -3.50. The van der Waals surface area contributed by atoms with E-state index in [-0.39, 0.29) is 50.4 Å². The summed E-state index contributed by atoms with van der Waals surface area (Å²) >= 11 is 14.1. The first-order valence-electron chi connectivity index (χ1n) is 15.0. The molecule has 5 N–H and O–H groups in total. The second kappa shape index (κ2) is 16.1. The molecule has 0 radical (unpaired) electrons. The number of halogens is 2. The zero-order chi connectivity index (χ0) is 34.1. The molecule has 1 aliphatic rings. The molecule has 1 heterocycles. The van der Waals surface area contributed by atoms with Crippen molar-refractivity contribution in [2.75, 3.05) is 33.0 Å². The topological polar surface area (TPSA) is 157 Å². The van der Waals surface area contributed by atoms with Gasteiger partial charge in [0.25, 0.3) is 0 Å². The van der Waals surface area contributed by atoms with Crippen molar-refractivity contribution in [3.63, 3.8) is 0 Å². The number of alkyl halides is 1. The summed E-state index contributed by atoms with van der Waals surface area (Å²) in [5, 5.41) is 51.9. The van der Waals surface area contributed by atoms with Crippen LogP contribution in [0.4, 0.5) is 0 Å². The minimum Gasteiger partial charge on any atom is -0.488 e. The Kier molecular flexibility index (Phi) is 12.4. The number of nitrogens with zero attached hydrogens (tertiary/aromatic N) is 2. The van der Waals surface area contributed by atoms with Crippen molar-refractivity contribution in [1.29, 1.82) is 5.26 Å². The van der Waals surface area contributed by atoms with Crippen molar-refractivity contribution in [3.05, 3.63) is 106 Å².